The molecule has 1 aliphatic rings. The second-order valence-corrected chi connectivity index (χ2v) is 6.08. The summed E-state index contributed by atoms with van der Waals surface area (Å²) in [6, 6.07) is 7.55. The van der Waals surface area contributed by atoms with Gasteiger partial charge < -0.3 is 10.6 Å². The highest BCUT2D eigenvalue weighted by Gasteiger charge is 2.13. The van der Waals surface area contributed by atoms with Gasteiger partial charge in [-0.05, 0) is 44.3 Å². The highest BCUT2D eigenvalue weighted by Crippen LogP contribution is 2.23. The minimum Gasteiger partial charge on any atom is -0.368 e. The van der Waals surface area contributed by atoms with Crippen LogP contribution in [0.15, 0.2) is 29.1 Å². The number of hydrogen-bond acceptors (Lipinski definition) is 4. The maximum Gasteiger partial charge on any atom is 0.272 e. The third-order valence-corrected chi connectivity index (χ3v) is 4.43. The molecule has 0 bridgehead atoms. The minimum atomic E-state index is -0.139. The monoisotopic (exact) mass is 300 g/mol. The summed E-state index contributed by atoms with van der Waals surface area (Å²) >= 11 is 0. The molecule has 3 N–H and O–H groups in total. The molecule has 0 unspecified atom stereocenters. The summed E-state index contributed by atoms with van der Waals surface area (Å²) in [5.41, 5.74) is -0.139. The smallest absolute Gasteiger partial charge is 0.272 e. The third-order valence-electron chi connectivity index (χ3n) is 4.43. The van der Waals surface area contributed by atoms with Crippen molar-refractivity contribution in [1.29, 1.82) is 0 Å². The zero-order chi connectivity index (χ0) is 15.2. The average Bonchev–Trinajstić information content (AvgIpc) is 3.06. The molecule has 1 heterocycles. The molecule has 1 fully saturated rings. The van der Waals surface area contributed by atoms with E-state index in [1.165, 1.54) is 25.7 Å². The first-order valence-corrected chi connectivity index (χ1v) is 8.26. The SMILES string of the molecule is O=c1[nH]nc(NCCCNCC2CCCC2)c2ccccc12. The minimum absolute atomic E-state index is 0.139. The lowest BCUT2D eigenvalue weighted by molar-refractivity contribution is 0.488. The maximum atomic E-state index is 11.7. The van der Waals surface area contributed by atoms with E-state index in [1.807, 2.05) is 24.3 Å². The molecule has 0 spiro atoms. The van der Waals surface area contributed by atoms with Crippen molar-refractivity contribution in [3.8, 4) is 0 Å². The van der Waals surface area contributed by atoms with Crippen LogP contribution < -0.4 is 16.2 Å². The van der Waals surface area contributed by atoms with Crippen LogP contribution in [0.1, 0.15) is 32.1 Å². The predicted octanol–water partition coefficient (Wildman–Crippen LogP) is 2.50. The summed E-state index contributed by atoms with van der Waals surface area (Å²) in [6.07, 6.45) is 6.62. The van der Waals surface area contributed by atoms with Gasteiger partial charge in [0.05, 0.1) is 5.39 Å². The molecule has 1 aromatic carbocycles. The van der Waals surface area contributed by atoms with Crippen molar-refractivity contribution in [1.82, 2.24) is 15.5 Å². The Balaban J connectivity index is 1.45. The molecule has 0 radical (unpaired) electrons. The van der Waals surface area contributed by atoms with E-state index >= 15 is 0 Å². The van der Waals surface area contributed by atoms with Gasteiger partial charge in [-0.3, -0.25) is 4.79 Å². The number of nitrogens with zero attached hydrogens (tertiary/aromatic N) is 1. The van der Waals surface area contributed by atoms with E-state index in [1.54, 1.807) is 0 Å². The van der Waals surface area contributed by atoms with E-state index in [-0.39, 0.29) is 5.56 Å². The van der Waals surface area contributed by atoms with Crippen molar-refractivity contribution < 1.29 is 0 Å². The summed E-state index contributed by atoms with van der Waals surface area (Å²) < 4.78 is 0. The second-order valence-electron chi connectivity index (χ2n) is 6.08. The Morgan fingerprint density at radius 3 is 2.73 bits per heavy atom. The molecular weight excluding hydrogens is 276 g/mol. The molecule has 5 heteroatoms. The number of hydrogen-bond donors (Lipinski definition) is 3. The van der Waals surface area contributed by atoms with Crippen LogP contribution in [0, 0.1) is 5.92 Å². The van der Waals surface area contributed by atoms with Crippen LogP contribution in [0.3, 0.4) is 0 Å². The fraction of sp³-hybridized carbons (Fsp3) is 0.529. The Morgan fingerprint density at radius 2 is 1.91 bits per heavy atom. The highest BCUT2D eigenvalue weighted by atomic mass is 16.1. The summed E-state index contributed by atoms with van der Waals surface area (Å²) in [4.78, 5) is 11.7. The maximum absolute atomic E-state index is 11.7. The van der Waals surface area contributed by atoms with Crippen LogP contribution >= 0.6 is 0 Å². The Labute approximate surface area is 130 Å². The van der Waals surface area contributed by atoms with Gasteiger partial charge in [-0.2, -0.15) is 5.10 Å². The van der Waals surface area contributed by atoms with Gasteiger partial charge in [0, 0.05) is 11.9 Å². The van der Waals surface area contributed by atoms with Crippen molar-refractivity contribution in [2.24, 2.45) is 5.92 Å². The molecule has 118 valence electrons. The standard InChI is InChI=1S/C17H24N4O/c22-17-15-9-4-3-8-14(15)16(20-21-17)19-11-5-10-18-12-13-6-1-2-7-13/h3-4,8-9,13,18H,1-2,5-7,10-12H2,(H,19,20)(H,21,22). The molecule has 22 heavy (non-hydrogen) atoms. The number of rotatable bonds is 7. The fourth-order valence-electron chi connectivity index (χ4n) is 3.19. The molecular formula is C17H24N4O. The van der Waals surface area contributed by atoms with Crippen molar-refractivity contribution in [3.05, 3.63) is 34.6 Å². The lowest BCUT2D eigenvalue weighted by Crippen LogP contribution is -2.24. The van der Waals surface area contributed by atoms with E-state index in [9.17, 15) is 4.79 Å². The first-order valence-electron chi connectivity index (χ1n) is 8.26. The molecule has 5 nitrogen and oxygen atoms in total. The Morgan fingerprint density at radius 1 is 1.14 bits per heavy atom. The van der Waals surface area contributed by atoms with Crippen molar-refractivity contribution in [2.45, 2.75) is 32.1 Å². The van der Waals surface area contributed by atoms with Gasteiger partial charge in [-0.25, -0.2) is 5.10 Å². The average molecular weight is 300 g/mol. The van der Waals surface area contributed by atoms with Crippen LogP contribution in [0.25, 0.3) is 10.8 Å². The number of nitrogens with one attached hydrogen (secondary N) is 3. The molecule has 1 saturated carbocycles. The first-order chi connectivity index (χ1) is 10.8. The van der Waals surface area contributed by atoms with E-state index < -0.39 is 0 Å². The largest absolute Gasteiger partial charge is 0.368 e. The molecule has 0 atom stereocenters. The fourth-order valence-corrected chi connectivity index (χ4v) is 3.19. The molecule has 3 rings (SSSR count). The third kappa shape index (κ3) is 3.65. The molecule has 0 aliphatic heterocycles. The normalized spacial score (nSPS) is 15.5. The number of aromatic nitrogens is 2. The quantitative estimate of drug-likeness (QED) is 0.687. The first kappa shape index (κ1) is 15.0. The summed E-state index contributed by atoms with van der Waals surface area (Å²) in [6.45, 7) is 3.02. The molecule has 2 aromatic rings. The van der Waals surface area contributed by atoms with Gasteiger partial charge in [0.25, 0.3) is 5.56 Å². The number of fused-ring (bicyclic) bond motifs is 1. The van der Waals surface area contributed by atoms with E-state index in [4.69, 9.17) is 0 Å². The molecule has 0 saturated heterocycles. The molecule has 1 aromatic heterocycles. The Bertz CT molecular complexity index is 661. The highest BCUT2D eigenvalue weighted by molar-refractivity contribution is 5.90. The van der Waals surface area contributed by atoms with Crippen LogP contribution in [-0.2, 0) is 0 Å². The number of aromatic amines is 1. The van der Waals surface area contributed by atoms with Crippen LogP contribution in [0.5, 0.6) is 0 Å². The lowest BCUT2D eigenvalue weighted by Gasteiger charge is -2.11. The topological polar surface area (TPSA) is 69.8 Å². The summed E-state index contributed by atoms with van der Waals surface area (Å²) in [7, 11) is 0. The van der Waals surface area contributed by atoms with Crippen LogP contribution in [-0.4, -0.2) is 29.8 Å². The van der Waals surface area contributed by atoms with E-state index in [0.717, 1.165) is 43.2 Å². The number of H-pyrrole nitrogens is 1. The van der Waals surface area contributed by atoms with Crippen molar-refractivity contribution >= 4 is 16.6 Å². The van der Waals surface area contributed by atoms with Crippen LogP contribution in [0.2, 0.25) is 0 Å². The number of anilines is 1. The lowest BCUT2D eigenvalue weighted by atomic mass is 10.1. The van der Waals surface area contributed by atoms with Gasteiger partial charge in [0.1, 0.15) is 0 Å². The van der Waals surface area contributed by atoms with Crippen molar-refractivity contribution in [3.63, 3.8) is 0 Å². The van der Waals surface area contributed by atoms with Gasteiger partial charge in [-0.1, -0.05) is 31.0 Å². The zero-order valence-electron chi connectivity index (χ0n) is 12.9. The van der Waals surface area contributed by atoms with Crippen LogP contribution in [0.4, 0.5) is 5.82 Å². The number of benzene rings is 1. The predicted molar refractivity (Wildman–Crippen MR) is 90.3 cm³/mol. The van der Waals surface area contributed by atoms with E-state index in [0.29, 0.717) is 5.39 Å². The van der Waals surface area contributed by atoms with Gasteiger partial charge in [-0.15, -0.1) is 0 Å². The van der Waals surface area contributed by atoms with Crippen molar-refractivity contribution in [2.75, 3.05) is 25.0 Å². The van der Waals surface area contributed by atoms with Gasteiger partial charge >= 0.3 is 0 Å². The second kappa shape index (κ2) is 7.40. The van der Waals surface area contributed by atoms with Gasteiger partial charge in [0.15, 0.2) is 5.82 Å². The molecule has 0 amide bonds. The zero-order valence-corrected chi connectivity index (χ0v) is 12.9. The van der Waals surface area contributed by atoms with Gasteiger partial charge in [0.2, 0.25) is 0 Å². The summed E-state index contributed by atoms with van der Waals surface area (Å²) in [5.74, 6) is 1.64. The Hall–Kier alpha value is -1.88. The summed E-state index contributed by atoms with van der Waals surface area (Å²) in [5, 5.41) is 15.1. The molecule has 1 aliphatic carbocycles. The Kier molecular flexibility index (Phi) is 5.06. The van der Waals surface area contributed by atoms with E-state index in [2.05, 4.69) is 20.8 Å².